The van der Waals surface area contributed by atoms with E-state index < -0.39 is 0 Å². The summed E-state index contributed by atoms with van der Waals surface area (Å²) >= 11 is 4.84. The first-order valence-electron chi connectivity index (χ1n) is 6.43. The molecular weight excluding hydrogens is 352 g/mol. The lowest BCUT2D eigenvalue weighted by Gasteiger charge is -2.15. The summed E-state index contributed by atoms with van der Waals surface area (Å²) in [6.07, 6.45) is 0. The van der Waals surface area contributed by atoms with Crippen molar-refractivity contribution >= 4 is 39.3 Å². The van der Waals surface area contributed by atoms with Gasteiger partial charge in [-0.05, 0) is 37.3 Å². The van der Waals surface area contributed by atoms with E-state index >= 15 is 0 Å². The van der Waals surface area contributed by atoms with Crippen molar-refractivity contribution in [3.63, 3.8) is 0 Å². The van der Waals surface area contributed by atoms with E-state index in [1.807, 2.05) is 37.3 Å². The number of hydrogen-bond donors (Lipinski definition) is 1. The molecule has 0 radical (unpaired) electrons. The average molecular weight is 369 g/mol. The van der Waals surface area contributed by atoms with Crippen LogP contribution in [0.1, 0.15) is 11.5 Å². The molecule has 2 aromatic rings. The molecule has 0 spiro atoms. The fraction of sp³-hybridized carbons (Fsp3) is 0.267. The Balaban J connectivity index is 1.90. The maximum absolute atomic E-state index is 12.1. The van der Waals surface area contributed by atoms with Gasteiger partial charge in [-0.15, -0.1) is 11.8 Å². The van der Waals surface area contributed by atoms with Crippen LogP contribution in [0.3, 0.4) is 0 Å². The predicted octanol–water partition coefficient (Wildman–Crippen LogP) is 3.68. The number of carbonyl (C=O) groups is 1. The summed E-state index contributed by atoms with van der Waals surface area (Å²) in [6.45, 7) is 2.36. The Bertz CT molecular complexity index is 642. The minimum absolute atomic E-state index is 0.0356. The first-order valence-corrected chi connectivity index (χ1v) is 8.20. The zero-order chi connectivity index (χ0) is 15.4. The van der Waals surface area contributed by atoms with Gasteiger partial charge in [0.2, 0.25) is 5.91 Å². The van der Waals surface area contributed by atoms with Crippen LogP contribution in [0.25, 0.3) is 0 Å². The fourth-order valence-electron chi connectivity index (χ4n) is 1.77. The summed E-state index contributed by atoms with van der Waals surface area (Å²) in [4.78, 5) is 14.7. The minimum atomic E-state index is 0.0356. The highest BCUT2D eigenvalue weighted by Gasteiger charge is 2.12. The molecule has 0 saturated carbocycles. The lowest BCUT2D eigenvalue weighted by molar-refractivity contribution is -0.127. The Labute approximate surface area is 136 Å². The van der Waals surface area contributed by atoms with Crippen LogP contribution < -0.4 is 5.73 Å². The van der Waals surface area contributed by atoms with Crippen molar-refractivity contribution in [3.8, 4) is 0 Å². The molecule has 1 aromatic heterocycles. The number of hydrogen-bond acceptors (Lipinski definition) is 4. The van der Waals surface area contributed by atoms with Crippen molar-refractivity contribution in [2.45, 2.75) is 18.4 Å². The molecule has 1 aromatic carbocycles. The molecule has 6 heteroatoms. The summed E-state index contributed by atoms with van der Waals surface area (Å²) in [5.41, 5.74) is 6.58. The van der Waals surface area contributed by atoms with Crippen molar-refractivity contribution in [3.05, 3.63) is 46.3 Å². The van der Waals surface area contributed by atoms with Gasteiger partial charge in [-0.2, -0.15) is 0 Å². The Morgan fingerprint density at radius 1 is 1.38 bits per heavy atom. The molecule has 0 aliphatic carbocycles. The fourth-order valence-corrected chi connectivity index (χ4v) is 3.23. The molecule has 21 heavy (non-hydrogen) atoms. The molecule has 0 aliphatic rings. The third-order valence-corrected chi connectivity index (χ3v) is 4.49. The molecule has 2 rings (SSSR count). The van der Waals surface area contributed by atoms with Gasteiger partial charge in [0.1, 0.15) is 11.5 Å². The van der Waals surface area contributed by atoms with Gasteiger partial charge in [0.05, 0.1) is 12.3 Å². The molecule has 0 fully saturated rings. The number of aryl methyl sites for hydroxylation is 1. The van der Waals surface area contributed by atoms with E-state index in [-0.39, 0.29) is 5.91 Å². The first kappa shape index (κ1) is 16.0. The van der Waals surface area contributed by atoms with E-state index in [1.54, 1.807) is 11.9 Å². The third kappa shape index (κ3) is 4.54. The lowest BCUT2D eigenvalue weighted by Crippen LogP contribution is -2.27. The minimum Gasteiger partial charge on any atom is -0.464 e. The van der Waals surface area contributed by atoms with Gasteiger partial charge >= 0.3 is 0 Å². The number of carbonyl (C=O) groups excluding carboxylic acids is 1. The number of nitrogens with zero attached hydrogens (tertiary/aromatic N) is 1. The molecule has 0 aliphatic heterocycles. The number of nitrogen functional groups attached to an aromatic ring is 1. The smallest absolute Gasteiger partial charge is 0.233 e. The maximum atomic E-state index is 12.1. The number of furan rings is 1. The van der Waals surface area contributed by atoms with Gasteiger partial charge in [-0.3, -0.25) is 4.79 Å². The molecule has 2 N–H and O–H groups in total. The lowest BCUT2D eigenvalue weighted by atomic mass is 10.3. The summed E-state index contributed by atoms with van der Waals surface area (Å²) in [5, 5.41) is 0. The first-order chi connectivity index (χ1) is 9.95. The molecule has 4 nitrogen and oxygen atoms in total. The van der Waals surface area contributed by atoms with Crippen molar-refractivity contribution in [2.75, 3.05) is 18.5 Å². The molecule has 1 amide bonds. The van der Waals surface area contributed by atoms with Crippen LogP contribution in [0, 0.1) is 6.92 Å². The van der Waals surface area contributed by atoms with Gasteiger partial charge in [-0.1, -0.05) is 15.9 Å². The molecular formula is C15H17BrN2O2S. The topological polar surface area (TPSA) is 59.5 Å². The zero-order valence-corrected chi connectivity index (χ0v) is 14.3. The molecule has 0 saturated heterocycles. The molecule has 1 heterocycles. The normalized spacial score (nSPS) is 10.6. The molecule has 0 bridgehead atoms. The Kier molecular flexibility index (Phi) is 5.36. The number of anilines is 1. The van der Waals surface area contributed by atoms with E-state index in [0.29, 0.717) is 18.0 Å². The monoisotopic (exact) mass is 368 g/mol. The number of amides is 1. The van der Waals surface area contributed by atoms with Gasteiger partial charge in [-0.25, -0.2) is 0 Å². The van der Waals surface area contributed by atoms with Crippen LogP contribution in [0.4, 0.5) is 5.69 Å². The standard InChI is InChI=1S/C15H17BrN2O2S/c1-10-3-5-12(20-10)8-18(2)15(19)9-21-14-7-11(16)4-6-13(14)17/h3-7H,8-9,17H2,1-2H3. The number of benzene rings is 1. The van der Waals surface area contributed by atoms with Gasteiger partial charge < -0.3 is 15.1 Å². The summed E-state index contributed by atoms with van der Waals surface area (Å²) < 4.78 is 6.43. The number of thioether (sulfide) groups is 1. The van der Waals surface area contributed by atoms with E-state index in [9.17, 15) is 4.79 Å². The summed E-state index contributed by atoms with van der Waals surface area (Å²) in [7, 11) is 1.77. The molecule has 0 unspecified atom stereocenters. The number of rotatable bonds is 5. The Morgan fingerprint density at radius 2 is 2.14 bits per heavy atom. The van der Waals surface area contributed by atoms with Gasteiger partial charge in [0.15, 0.2) is 0 Å². The van der Waals surface area contributed by atoms with Crippen molar-refractivity contribution < 1.29 is 9.21 Å². The van der Waals surface area contributed by atoms with E-state index in [4.69, 9.17) is 10.2 Å². The Morgan fingerprint density at radius 3 is 2.81 bits per heavy atom. The SMILES string of the molecule is Cc1ccc(CN(C)C(=O)CSc2cc(Br)ccc2N)o1. The van der Waals surface area contributed by atoms with Crippen LogP contribution >= 0.6 is 27.7 Å². The second-order valence-electron chi connectivity index (χ2n) is 4.73. The number of halogens is 1. The van der Waals surface area contributed by atoms with Gasteiger partial charge in [0, 0.05) is 22.1 Å². The molecule has 112 valence electrons. The van der Waals surface area contributed by atoms with Gasteiger partial charge in [0.25, 0.3) is 0 Å². The van der Waals surface area contributed by atoms with Crippen LogP contribution in [-0.4, -0.2) is 23.6 Å². The second-order valence-corrected chi connectivity index (χ2v) is 6.67. The van der Waals surface area contributed by atoms with Crippen LogP contribution in [-0.2, 0) is 11.3 Å². The summed E-state index contributed by atoms with van der Waals surface area (Å²) in [5.74, 6) is 2.02. The van der Waals surface area contributed by atoms with Crippen molar-refractivity contribution in [1.82, 2.24) is 4.90 Å². The average Bonchev–Trinajstić information content (AvgIpc) is 2.84. The highest BCUT2D eigenvalue weighted by Crippen LogP contribution is 2.28. The largest absolute Gasteiger partial charge is 0.464 e. The second kappa shape index (κ2) is 7.04. The Hall–Kier alpha value is -1.40. The van der Waals surface area contributed by atoms with E-state index in [1.165, 1.54) is 11.8 Å². The highest BCUT2D eigenvalue weighted by atomic mass is 79.9. The van der Waals surface area contributed by atoms with Crippen molar-refractivity contribution in [1.29, 1.82) is 0 Å². The third-order valence-electron chi connectivity index (χ3n) is 2.94. The van der Waals surface area contributed by atoms with Crippen LogP contribution in [0.5, 0.6) is 0 Å². The zero-order valence-electron chi connectivity index (χ0n) is 11.9. The summed E-state index contributed by atoms with van der Waals surface area (Å²) in [6, 6.07) is 9.41. The van der Waals surface area contributed by atoms with E-state index in [0.717, 1.165) is 20.9 Å². The van der Waals surface area contributed by atoms with Crippen LogP contribution in [0.2, 0.25) is 0 Å². The quantitative estimate of drug-likeness (QED) is 0.645. The highest BCUT2D eigenvalue weighted by molar-refractivity contribution is 9.10. The number of nitrogens with two attached hydrogens (primary N) is 1. The van der Waals surface area contributed by atoms with Crippen molar-refractivity contribution in [2.24, 2.45) is 0 Å². The molecule has 0 atom stereocenters. The van der Waals surface area contributed by atoms with Crippen LogP contribution in [0.15, 0.2) is 44.1 Å². The maximum Gasteiger partial charge on any atom is 0.233 e. The predicted molar refractivity (Wildman–Crippen MR) is 89.2 cm³/mol. The van der Waals surface area contributed by atoms with E-state index in [2.05, 4.69) is 15.9 Å².